The lowest BCUT2D eigenvalue weighted by atomic mass is 9.84. The number of benzene rings is 2. The SMILES string of the molecule is CC(C)CN1CC(CC(=O)NC(C)(C)c2cc(Cl)cc(Cl)c2)(NC(=O)c2coc(-c3ccc(F)cc3F)c2)C1. The van der Waals surface area contributed by atoms with Crippen LogP contribution in [-0.4, -0.2) is 41.9 Å². The van der Waals surface area contributed by atoms with Crippen LogP contribution in [0.3, 0.4) is 0 Å². The van der Waals surface area contributed by atoms with Crippen molar-refractivity contribution >= 4 is 35.0 Å². The summed E-state index contributed by atoms with van der Waals surface area (Å²) in [5, 5.41) is 6.98. The van der Waals surface area contributed by atoms with E-state index in [9.17, 15) is 18.4 Å². The molecule has 10 heteroatoms. The molecular formula is C29H31Cl2F2N3O3. The zero-order valence-corrected chi connectivity index (χ0v) is 23.7. The van der Waals surface area contributed by atoms with Crippen molar-refractivity contribution in [2.24, 2.45) is 5.92 Å². The first-order chi connectivity index (χ1) is 18.2. The number of hydrogen-bond acceptors (Lipinski definition) is 4. The minimum absolute atomic E-state index is 0.0413. The van der Waals surface area contributed by atoms with Crippen LogP contribution in [0.1, 0.15) is 50.0 Å². The smallest absolute Gasteiger partial charge is 0.255 e. The Morgan fingerprint density at radius 2 is 1.74 bits per heavy atom. The maximum Gasteiger partial charge on any atom is 0.255 e. The van der Waals surface area contributed by atoms with Gasteiger partial charge in [0, 0.05) is 35.7 Å². The first kappa shape index (κ1) is 29.1. The summed E-state index contributed by atoms with van der Waals surface area (Å²) >= 11 is 12.3. The Labute approximate surface area is 236 Å². The normalized spacial score (nSPS) is 15.2. The molecule has 1 fully saturated rings. The molecule has 1 saturated heterocycles. The standard InChI is InChI=1S/C29H31Cl2F2N3O3/c1-17(2)13-36-15-29(16-36,12-26(37)34-28(3,4)19-8-20(30)10-21(31)9-19)35-27(38)18-7-25(39-14-18)23-6-5-22(32)11-24(23)33/h5-11,14,17H,12-13,15-16H2,1-4H3,(H,34,37)(H,35,38). The summed E-state index contributed by atoms with van der Waals surface area (Å²) in [5.74, 6) is -1.69. The van der Waals surface area contributed by atoms with Crippen LogP contribution < -0.4 is 10.6 Å². The summed E-state index contributed by atoms with van der Waals surface area (Å²) in [5.41, 5.74) is -0.613. The number of amides is 2. The molecule has 208 valence electrons. The molecule has 0 saturated carbocycles. The van der Waals surface area contributed by atoms with Crippen molar-refractivity contribution in [2.75, 3.05) is 19.6 Å². The molecule has 6 nitrogen and oxygen atoms in total. The lowest BCUT2D eigenvalue weighted by Crippen LogP contribution is -2.71. The fraction of sp³-hybridized carbons (Fsp3) is 0.379. The lowest BCUT2D eigenvalue weighted by Gasteiger charge is -2.51. The van der Waals surface area contributed by atoms with Gasteiger partial charge in [-0.25, -0.2) is 8.78 Å². The van der Waals surface area contributed by atoms with E-state index in [1.54, 1.807) is 18.2 Å². The van der Waals surface area contributed by atoms with Gasteiger partial charge >= 0.3 is 0 Å². The minimum atomic E-state index is -0.809. The van der Waals surface area contributed by atoms with Gasteiger partial charge in [-0.05, 0) is 61.7 Å². The summed E-state index contributed by atoms with van der Waals surface area (Å²) < 4.78 is 32.9. The molecule has 2 heterocycles. The van der Waals surface area contributed by atoms with Crippen LogP contribution in [0.5, 0.6) is 0 Å². The van der Waals surface area contributed by atoms with E-state index in [2.05, 4.69) is 29.4 Å². The number of nitrogens with one attached hydrogen (secondary N) is 2. The molecular weight excluding hydrogens is 547 g/mol. The molecule has 39 heavy (non-hydrogen) atoms. The highest BCUT2D eigenvalue weighted by molar-refractivity contribution is 6.34. The second kappa shape index (κ2) is 11.3. The number of hydrogen-bond donors (Lipinski definition) is 2. The van der Waals surface area contributed by atoms with Gasteiger partial charge in [0.25, 0.3) is 5.91 Å². The van der Waals surface area contributed by atoms with Crippen molar-refractivity contribution in [3.05, 3.63) is 81.5 Å². The predicted molar refractivity (Wildman–Crippen MR) is 148 cm³/mol. The molecule has 0 bridgehead atoms. The van der Waals surface area contributed by atoms with Crippen molar-refractivity contribution in [3.8, 4) is 11.3 Å². The first-order valence-electron chi connectivity index (χ1n) is 12.6. The van der Waals surface area contributed by atoms with Gasteiger partial charge in [0.05, 0.1) is 28.6 Å². The maximum absolute atomic E-state index is 14.2. The Hall–Kier alpha value is -2.94. The van der Waals surface area contributed by atoms with E-state index in [1.807, 2.05) is 13.8 Å². The molecule has 0 spiro atoms. The van der Waals surface area contributed by atoms with Crippen molar-refractivity contribution in [1.82, 2.24) is 15.5 Å². The monoisotopic (exact) mass is 577 g/mol. The van der Waals surface area contributed by atoms with E-state index in [0.29, 0.717) is 29.1 Å². The van der Waals surface area contributed by atoms with Gasteiger partial charge in [0.2, 0.25) is 5.91 Å². The highest BCUT2D eigenvalue weighted by atomic mass is 35.5. The number of rotatable bonds is 9. The summed E-state index contributed by atoms with van der Waals surface area (Å²) in [7, 11) is 0. The fourth-order valence-corrected chi connectivity index (χ4v) is 5.50. The second-order valence-electron chi connectivity index (χ2n) is 11.1. The zero-order chi connectivity index (χ0) is 28.5. The van der Waals surface area contributed by atoms with Crippen molar-refractivity contribution < 1.29 is 22.8 Å². The van der Waals surface area contributed by atoms with Gasteiger partial charge in [-0.1, -0.05) is 37.0 Å². The number of halogens is 4. The van der Waals surface area contributed by atoms with Crippen molar-refractivity contribution in [2.45, 2.75) is 45.2 Å². The molecule has 0 radical (unpaired) electrons. The molecule has 0 aliphatic carbocycles. The van der Waals surface area contributed by atoms with Crippen LogP contribution >= 0.6 is 23.2 Å². The maximum atomic E-state index is 14.2. The van der Waals surface area contributed by atoms with Crippen molar-refractivity contribution in [1.29, 1.82) is 0 Å². The summed E-state index contributed by atoms with van der Waals surface area (Å²) in [6.07, 6.45) is 1.26. The summed E-state index contributed by atoms with van der Waals surface area (Å²) in [6.45, 7) is 9.72. The van der Waals surface area contributed by atoms with Gasteiger partial charge < -0.3 is 15.1 Å². The Morgan fingerprint density at radius 1 is 1.08 bits per heavy atom. The zero-order valence-electron chi connectivity index (χ0n) is 22.2. The second-order valence-corrected chi connectivity index (χ2v) is 12.0. The Morgan fingerprint density at radius 3 is 2.36 bits per heavy atom. The highest BCUT2D eigenvalue weighted by Crippen LogP contribution is 2.31. The Kier molecular flexibility index (Phi) is 8.40. The number of carbonyl (C=O) groups is 2. The molecule has 3 aromatic rings. The minimum Gasteiger partial charge on any atom is -0.463 e. The largest absolute Gasteiger partial charge is 0.463 e. The van der Waals surface area contributed by atoms with Gasteiger partial charge in [0.1, 0.15) is 23.7 Å². The van der Waals surface area contributed by atoms with Gasteiger partial charge in [-0.15, -0.1) is 0 Å². The van der Waals surface area contributed by atoms with E-state index in [-0.39, 0.29) is 29.2 Å². The molecule has 1 aliphatic rings. The molecule has 1 aromatic heterocycles. The molecule has 2 N–H and O–H groups in total. The van der Waals surface area contributed by atoms with Crippen LogP contribution in [0.25, 0.3) is 11.3 Å². The topological polar surface area (TPSA) is 74.6 Å². The van der Waals surface area contributed by atoms with E-state index in [0.717, 1.165) is 24.2 Å². The van der Waals surface area contributed by atoms with Crippen LogP contribution in [-0.2, 0) is 10.3 Å². The van der Waals surface area contributed by atoms with Crippen LogP contribution in [0.15, 0.2) is 53.1 Å². The molecule has 1 aliphatic heterocycles. The summed E-state index contributed by atoms with van der Waals surface area (Å²) in [6, 6.07) is 9.64. The predicted octanol–water partition coefficient (Wildman–Crippen LogP) is 6.41. The number of carbonyl (C=O) groups excluding carboxylic acids is 2. The first-order valence-corrected chi connectivity index (χ1v) is 13.4. The Balaban J connectivity index is 1.49. The summed E-state index contributed by atoms with van der Waals surface area (Å²) in [4.78, 5) is 28.7. The lowest BCUT2D eigenvalue weighted by molar-refractivity contribution is -0.126. The van der Waals surface area contributed by atoms with E-state index in [4.69, 9.17) is 27.6 Å². The van der Waals surface area contributed by atoms with Gasteiger partial charge in [-0.3, -0.25) is 14.5 Å². The third-order valence-corrected chi connectivity index (χ3v) is 7.08. The third-order valence-electron chi connectivity index (χ3n) is 6.65. The third kappa shape index (κ3) is 6.99. The van der Waals surface area contributed by atoms with Crippen molar-refractivity contribution in [3.63, 3.8) is 0 Å². The molecule has 0 atom stereocenters. The van der Waals surface area contributed by atoms with Crippen LogP contribution in [0.4, 0.5) is 8.78 Å². The average Bonchev–Trinajstić information content (AvgIpc) is 3.26. The van der Waals surface area contributed by atoms with Crippen LogP contribution in [0.2, 0.25) is 10.0 Å². The van der Waals surface area contributed by atoms with Crippen LogP contribution in [0, 0.1) is 17.6 Å². The van der Waals surface area contributed by atoms with Gasteiger partial charge in [0.15, 0.2) is 0 Å². The average molecular weight is 578 g/mol. The highest BCUT2D eigenvalue weighted by Gasteiger charge is 2.46. The Bertz CT molecular complexity index is 1360. The molecule has 2 aromatic carbocycles. The number of nitrogens with zero attached hydrogens (tertiary/aromatic N) is 1. The molecule has 2 amide bonds. The number of likely N-dealkylation sites (tertiary alicyclic amines) is 1. The molecule has 0 unspecified atom stereocenters. The van der Waals surface area contributed by atoms with E-state index >= 15 is 0 Å². The fourth-order valence-electron chi connectivity index (χ4n) is 4.98. The van der Waals surface area contributed by atoms with Gasteiger partial charge in [-0.2, -0.15) is 0 Å². The molecule has 4 rings (SSSR count). The van der Waals surface area contributed by atoms with E-state index in [1.165, 1.54) is 18.4 Å². The number of furan rings is 1. The van der Waals surface area contributed by atoms with E-state index < -0.39 is 28.6 Å². The quantitative estimate of drug-likeness (QED) is 0.308.